The Labute approximate surface area is 201 Å². The molecule has 2 amide bonds. The number of nitrogens with two attached hydrogens (primary N) is 1. The zero-order valence-corrected chi connectivity index (χ0v) is 20.5. The number of carbonyl (C=O) groups excluding carboxylic acids is 2. The normalized spacial score (nSPS) is 12.9. The van der Waals surface area contributed by atoms with Gasteiger partial charge in [-0.3, -0.25) is 19.2 Å². The summed E-state index contributed by atoms with van der Waals surface area (Å²) in [6, 6.07) is -2.07. The average Bonchev–Trinajstić information content (AvgIpc) is 2.77. The van der Waals surface area contributed by atoms with Crippen molar-refractivity contribution >= 4 is 35.5 Å². The largest absolute Gasteiger partial charge is 0.480 e. The van der Waals surface area contributed by atoms with Crippen molar-refractivity contribution in [3.05, 3.63) is 12.2 Å². The molecule has 0 aromatic carbocycles. The molecule has 0 aliphatic heterocycles. The first-order chi connectivity index (χ1) is 15.8. The fourth-order valence-corrected chi connectivity index (χ4v) is 3.86. The molecule has 0 unspecified atom stereocenters. The zero-order valence-electron chi connectivity index (χ0n) is 19.7. The van der Waals surface area contributed by atoms with Gasteiger partial charge in [-0.1, -0.05) is 64.0 Å². The Morgan fingerprint density at radius 1 is 0.970 bits per heavy atom. The van der Waals surface area contributed by atoms with Gasteiger partial charge in [0.25, 0.3) is 0 Å². The number of hydrogen-bond donors (Lipinski definition) is 5. The summed E-state index contributed by atoms with van der Waals surface area (Å²) >= 11 is 1.45. The number of carboxylic acids is 2. The van der Waals surface area contributed by atoms with E-state index in [1.807, 2.05) is 6.08 Å². The number of unbranched alkanes of at least 4 members (excludes halogenated alkanes) is 8. The highest BCUT2D eigenvalue weighted by Crippen LogP contribution is 2.10. The SMILES string of the molecule is CCCCCCCCCCC=CCSC[C@H](NC(=O)CC[C@H](N)C(=O)O)C(=O)NCC(=O)O. The van der Waals surface area contributed by atoms with Crippen LogP contribution in [0.15, 0.2) is 12.2 Å². The van der Waals surface area contributed by atoms with Gasteiger partial charge in [0.15, 0.2) is 0 Å². The van der Waals surface area contributed by atoms with E-state index in [4.69, 9.17) is 15.9 Å². The molecule has 2 atom stereocenters. The topological polar surface area (TPSA) is 159 Å². The Kier molecular flexibility index (Phi) is 19.2. The third-order valence-electron chi connectivity index (χ3n) is 4.95. The summed E-state index contributed by atoms with van der Waals surface area (Å²) in [4.78, 5) is 45.8. The second-order valence-corrected chi connectivity index (χ2v) is 9.06. The molecule has 190 valence electrons. The summed E-state index contributed by atoms with van der Waals surface area (Å²) in [5.74, 6) is -2.55. The first-order valence-corrected chi connectivity index (χ1v) is 12.9. The second kappa shape index (κ2) is 20.5. The van der Waals surface area contributed by atoms with E-state index < -0.39 is 42.4 Å². The van der Waals surface area contributed by atoms with Crippen molar-refractivity contribution < 1.29 is 29.4 Å². The van der Waals surface area contributed by atoms with Crippen molar-refractivity contribution in [1.29, 1.82) is 0 Å². The van der Waals surface area contributed by atoms with Crippen LogP contribution >= 0.6 is 11.8 Å². The molecule has 0 spiro atoms. The summed E-state index contributed by atoms with van der Waals surface area (Å²) in [6.07, 6.45) is 15.2. The van der Waals surface area contributed by atoms with Gasteiger partial charge in [-0.15, -0.1) is 0 Å². The molecule has 0 bridgehead atoms. The number of rotatable bonds is 21. The molecular weight excluding hydrogens is 446 g/mol. The molecule has 0 radical (unpaired) electrons. The quantitative estimate of drug-likeness (QED) is 0.122. The van der Waals surface area contributed by atoms with Crippen LogP contribution in [0.5, 0.6) is 0 Å². The molecule has 6 N–H and O–H groups in total. The Morgan fingerprint density at radius 3 is 2.21 bits per heavy atom. The first-order valence-electron chi connectivity index (χ1n) is 11.8. The van der Waals surface area contributed by atoms with Crippen LogP contribution in [0, 0.1) is 0 Å². The lowest BCUT2D eigenvalue weighted by molar-refractivity contribution is -0.139. The number of allylic oxidation sites excluding steroid dienone is 1. The smallest absolute Gasteiger partial charge is 0.322 e. The lowest BCUT2D eigenvalue weighted by atomic mass is 10.1. The van der Waals surface area contributed by atoms with Crippen LogP contribution in [0.4, 0.5) is 0 Å². The van der Waals surface area contributed by atoms with E-state index in [1.54, 1.807) is 0 Å². The predicted molar refractivity (Wildman–Crippen MR) is 131 cm³/mol. The van der Waals surface area contributed by atoms with Crippen molar-refractivity contribution in [2.45, 2.75) is 89.6 Å². The number of carbonyl (C=O) groups is 4. The molecule has 0 aromatic heterocycles. The Balaban J connectivity index is 4.24. The summed E-state index contributed by atoms with van der Waals surface area (Å²) < 4.78 is 0. The van der Waals surface area contributed by atoms with Crippen molar-refractivity contribution in [3.8, 4) is 0 Å². The summed E-state index contributed by atoms with van der Waals surface area (Å²) in [5.41, 5.74) is 5.39. The minimum Gasteiger partial charge on any atom is -0.480 e. The van der Waals surface area contributed by atoms with Crippen molar-refractivity contribution in [3.63, 3.8) is 0 Å². The van der Waals surface area contributed by atoms with Gasteiger partial charge in [-0.2, -0.15) is 11.8 Å². The molecule has 0 heterocycles. The van der Waals surface area contributed by atoms with Gasteiger partial charge in [0.2, 0.25) is 11.8 Å². The van der Waals surface area contributed by atoms with E-state index in [9.17, 15) is 19.2 Å². The van der Waals surface area contributed by atoms with Crippen LogP contribution in [0.3, 0.4) is 0 Å². The zero-order chi connectivity index (χ0) is 24.9. The summed E-state index contributed by atoms with van der Waals surface area (Å²) in [7, 11) is 0. The maximum atomic E-state index is 12.2. The highest BCUT2D eigenvalue weighted by Gasteiger charge is 2.22. The average molecular weight is 488 g/mol. The number of aliphatic carboxylic acids is 2. The molecular formula is C23H41N3O6S. The van der Waals surface area contributed by atoms with Gasteiger partial charge in [-0.25, -0.2) is 0 Å². The van der Waals surface area contributed by atoms with Crippen LogP contribution in [0.1, 0.15) is 77.6 Å². The fourth-order valence-electron chi connectivity index (χ4n) is 2.98. The minimum atomic E-state index is -1.20. The van der Waals surface area contributed by atoms with Crippen LogP contribution in [0.25, 0.3) is 0 Å². The van der Waals surface area contributed by atoms with E-state index in [2.05, 4.69) is 23.6 Å². The summed E-state index contributed by atoms with van der Waals surface area (Å²) in [6.45, 7) is 1.68. The monoisotopic (exact) mass is 487 g/mol. The fraction of sp³-hybridized carbons (Fsp3) is 0.739. The van der Waals surface area contributed by atoms with E-state index in [-0.39, 0.29) is 18.6 Å². The third-order valence-corrected chi connectivity index (χ3v) is 5.95. The molecule has 0 saturated heterocycles. The van der Waals surface area contributed by atoms with E-state index >= 15 is 0 Å². The Morgan fingerprint density at radius 2 is 1.61 bits per heavy atom. The Hall–Kier alpha value is -2.07. The van der Waals surface area contributed by atoms with E-state index in [0.29, 0.717) is 5.75 Å². The van der Waals surface area contributed by atoms with E-state index in [0.717, 1.165) is 12.8 Å². The standard InChI is InChI=1S/C23H41N3O6S/c1-2-3-4-5-6-7-8-9-10-11-12-15-33-17-19(22(30)25-16-21(28)29)26-20(27)14-13-18(24)23(31)32/h11-12,18-19H,2-10,13-17,24H2,1H3,(H,25,30)(H,26,27)(H,28,29)(H,31,32)/t18-,19-/m0/s1. The lowest BCUT2D eigenvalue weighted by Gasteiger charge is -2.18. The molecule has 0 fully saturated rings. The summed E-state index contributed by atoms with van der Waals surface area (Å²) in [5, 5.41) is 22.3. The van der Waals surface area contributed by atoms with Gasteiger partial charge in [0, 0.05) is 17.9 Å². The number of hydrogen-bond acceptors (Lipinski definition) is 6. The van der Waals surface area contributed by atoms with Gasteiger partial charge in [0.05, 0.1) is 0 Å². The molecule has 0 aliphatic carbocycles. The van der Waals surface area contributed by atoms with Crippen molar-refractivity contribution in [2.24, 2.45) is 5.73 Å². The molecule has 0 aromatic rings. The second-order valence-electron chi connectivity index (χ2n) is 7.99. The van der Waals surface area contributed by atoms with Gasteiger partial charge in [-0.05, 0) is 19.3 Å². The molecule has 0 aliphatic rings. The maximum absolute atomic E-state index is 12.2. The number of thioether (sulfide) groups is 1. The van der Waals surface area contributed by atoms with Crippen LogP contribution in [-0.2, 0) is 19.2 Å². The molecule has 0 saturated carbocycles. The molecule has 10 heteroatoms. The van der Waals surface area contributed by atoms with Crippen molar-refractivity contribution in [2.75, 3.05) is 18.1 Å². The van der Waals surface area contributed by atoms with Crippen LogP contribution in [-0.4, -0.2) is 64.1 Å². The van der Waals surface area contributed by atoms with Gasteiger partial charge in [0.1, 0.15) is 18.6 Å². The van der Waals surface area contributed by atoms with Gasteiger partial charge < -0.3 is 26.6 Å². The van der Waals surface area contributed by atoms with Crippen molar-refractivity contribution in [1.82, 2.24) is 10.6 Å². The minimum absolute atomic E-state index is 0.0563. The molecule has 0 rings (SSSR count). The lowest BCUT2D eigenvalue weighted by Crippen LogP contribution is -2.49. The molecule has 9 nitrogen and oxygen atoms in total. The van der Waals surface area contributed by atoms with Gasteiger partial charge >= 0.3 is 11.9 Å². The number of nitrogens with one attached hydrogen (secondary N) is 2. The number of carboxylic acid groups (broad SMARTS) is 2. The van der Waals surface area contributed by atoms with E-state index in [1.165, 1.54) is 56.7 Å². The highest BCUT2D eigenvalue weighted by atomic mass is 32.2. The van der Waals surface area contributed by atoms with Crippen LogP contribution in [0.2, 0.25) is 0 Å². The first kappa shape index (κ1) is 30.9. The Bertz CT molecular complexity index is 615. The highest BCUT2D eigenvalue weighted by molar-refractivity contribution is 7.99. The maximum Gasteiger partial charge on any atom is 0.322 e. The number of amides is 2. The molecule has 33 heavy (non-hydrogen) atoms. The predicted octanol–water partition coefficient (Wildman–Crippen LogP) is 2.68. The van der Waals surface area contributed by atoms with Crippen LogP contribution < -0.4 is 16.4 Å². The third kappa shape index (κ3) is 19.1.